The summed E-state index contributed by atoms with van der Waals surface area (Å²) in [6.45, 7) is 27.7. The van der Waals surface area contributed by atoms with Gasteiger partial charge in [0.1, 0.15) is 5.75 Å². The molecule has 286 valence electrons. The first kappa shape index (κ1) is 36.4. The zero-order valence-electron chi connectivity index (χ0n) is 35.6. The molecule has 0 unspecified atom stereocenters. The maximum atomic E-state index is 7.17. The predicted molar refractivity (Wildman–Crippen MR) is 248 cm³/mol. The first-order chi connectivity index (χ1) is 26.8. The van der Waals surface area contributed by atoms with Crippen LogP contribution >= 0.6 is 11.3 Å². The molecule has 0 aliphatic carbocycles. The SMILES string of the molecule is CC(C)(C)c1ccc(N2c3cc(C(C)(C)C)ccc3B3c4c(cc(C(C)(C)C)cc42)-c2c4c(cc5c2sc2ccccc25)Oc2cc(C(C)(C)C)ccc2N34)cc1. The molecule has 0 saturated carbocycles. The highest BCUT2D eigenvalue weighted by atomic mass is 32.1. The normalized spacial score (nSPS) is 14.7. The van der Waals surface area contributed by atoms with Crippen LogP contribution in [0.2, 0.25) is 0 Å². The van der Waals surface area contributed by atoms with Gasteiger partial charge in [-0.3, -0.25) is 0 Å². The Bertz CT molecular complexity index is 2820. The van der Waals surface area contributed by atoms with Crippen molar-refractivity contribution in [2.24, 2.45) is 0 Å². The van der Waals surface area contributed by atoms with E-state index in [1.165, 1.54) is 87.2 Å². The molecule has 7 aromatic rings. The summed E-state index contributed by atoms with van der Waals surface area (Å²) in [6, 6.07) is 39.9. The van der Waals surface area contributed by atoms with Gasteiger partial charge in [0, 0.05) is 42.8 Å². The van der Waals surface area contributed by atoms with Gasteiger partial charge in [-0.2, -0.15) is 0 Å². The van der Waals surface area contributed by atoms with Crippen molar-refractivity contribution in [2.45, 2.75) is 105 Å². The van der Waals surface area contributed by atoms with Crippen molar-refractivity contribution in [1.82, 2.24) is 0 Å². The zero-order valence-corrected chi connectivity index (χ0v) is 36.4. The maximum absolute atomic E-state index is 7.17. The van der Waals surface area contributed by atoms with Gasteiger partial charge in [-0.05, 0) is 109 Å². The number of hydrogen-bond donors (Lipinski definition) is 0. The molecule has 3 aliphatic heterocycles. The van der Waals surface area contributed by atoms with E-state index in [4.69, 9.17) is 4.74 Å². The fraction of sp³-hybridized carbons (Fsp3) is 0.308. The third-order valence-electron chi connectivity index (χ3n) is 12.6. The van der Waals surface area contributed by atoms with Crippen LogP contribution in [0.1, 0.15) is 105 Å². The molecule has 4 heterocycles. The van der Waals surface area contributed by atoms with Gasteiger partial charge in [0.2, 0.25) is 0 Å². The number of ether oxygens (including phenoxy) is 1. The molecule has 3 aliphatic rings. The third kappa shape index (κ3) is 5.44. The van der Waals surface area contributed by atoms with E-state index in [-0.39, 0.29) is 28.5 Å². The molecule has 1 aromatic heterocycles. The number of benzene rings is 6. The van der Waals surface area contributed by atoms with Crippen molar-refractivity contribution in [3.63, 3.8) is 0 Å². The molecule has 3 nitrogen and oxygen atoms in total. The van der Waals surface area contributed by atoms with E-state index in [2.05, 4.69) is 196 Å². The molecule has 0 fully saturated rings. The molecule has 0 saturated heterocycles. The summed E-state index contributed by atoms with van der Waals surface area (Å²) in [4.78, 5) is 5.24. The van der Waals surface area contributed by atoms with Crippen LogP contribution in [-0.4, -0.2) is 6.85 Å². The second-order valence-corrected chi connectivity index (χ2v) is 21.8. The van der Waals surface area contributed by atoms with E-state index < -0.39 is 0 Å². The van der Waals surface area contributed by atoms with Crippen LogP contribution in [-0.2, 0) is 21.7 Å². The van der Waals surface area contributed by atoms with Gasteiger partial charge in [-0.15, -0.1) is 11.3 Å². The van der Waals surface area contributed by atoms with Gasteiger partial charge < -0.3 is 14.4 Å². The number of anilines is 5. The first-order valence-electron chi connectivity index (χ1n) is 20.6. The molecule has 0 bridgehead atoms. The minimum Gasteiger partial charge on any atom is -0.453 e. The minimum absolute atomic E-state index is 0.0216. The van der Waals surface area contributed by atoms with Crippen molar-refractivity contribution >= 4 is 77.7 Å². The highest BCUT2D eigenvalue weighted by molar-refractivity contribution is 7.26. The molecular formula is C52H53BN2OS. The van der Waals surface area contributed by atoms with E-state index in [1.54, 1.807) is 0 Å². The van der Waals surface area contributed by atoms with E-state index in [0.29, 0.717) is 0 Å². The van der Waals surface area contributed by atoms with Crippen LogP contribution in [0.15, 0.2) is 103 Å². The number of hydrogen-bond acceptors (Lipinski definition) is 4. The Morgan fingerprint density at radius 2 is 1.14 bits per heavy atom. The van der Waals surface area contributed by atoms with Crippen LogP contribution in [0.5, 0.6) is 11.5 Å². The monoisotopic (exact) mass is 764 g/mol. The van der Waals surface area contributed by atoms with Crippen LogP contribution in [0, 0.1) is 0 Å². The fourth-order valence-corrected chi connectivity index (χ4v) is 10.5. The maximum Gasteiger partial charge on any atom is 0.333 e. The van der Waals surface area contributed by atoms with E-state index in [9.17, 15) is 0 Å². The van der Waals surface area contributed by atoms with Crippen LogP contribution in [0.25, 0.3) is 31.3 Å². The summed E-state index contributed by atoms with van der Waals surface area (Å²) in [7, 11) is 0. The second-order valence-electron chi connectivity index (χ2n) is 20.7. The molecule has 10 rings (SSSR count). The van der Waals surface area contributed by atoms with Crippen molar-refractivity contribution in [2.75, 3.05) is 9.71 Å². The van der Waals surface area contributed by atoms with E-state index >= 15 is 0 Å². The quantitative estimate of drug-likeness (QED) is 0.155. The number of nitrogens with zero attached hydrogens (tertiary/aromatic N) is 2. The Labute approximate surface area is 343 Å². The average molecular weight is 765 g/mol. The Kier molecular flexibility index (Phi) is 7.52. The average Bonchev–Trinajstić information content (AvgIpc) is 3.51. The second kappa shape index (κ2) is 11.8. The Morgan fingerprint density at radius 1 is 0.526 bits per heavy atom. The first-order valence-corrected chi connectivity index (χ1v) is 21.4. The molecule has 5 heteroatoms. The van der Waals surface area contributed by atoms with Gasteiger partial charge in [0.05, 0.1) is 11.4 Å². The van der Waals surface area contributed by atoms with Gasteiger partial charge in [-0.25, -0.2) is 0 Å². The van der Waals surface area contributed by atoms with Gasteiger partial charge in [0.25, 0.3) is 0 Å². The summed E-state index contributed by atoms with van der Waals surface area (Å²) in [5.74, 6) is 1.85. The van der Waals surface area contributed by atoms with Crippen molar-refractivity contribution < 1.29 is 4.74 Å². The van der Waals surface area contributed by atoms with E-state index in [0.717, 1.165) is 17.2 Å². The van der Waals surface area contributed by atoms with Crippen LogP contribution < -0.4 is 25.4 Å². The molecule has 6 aromatic carbocycles. The minimum atomic E-state index is -0.0893. The topological polar surface area (TPSA) is 15.7 Å². The Balaban J connectivity index is 1.37. The molecule has 0 radical (unpaired) electrons. The van der Waals surface area contributed by atoms with E-state index in [1.807, 2.05) is 11.3 Å². The predicted octanol–water partition coefficient (Wildman–Crippen LogP) is 14.1. The summed E-state index contributed by atoms with van der Waals surface area (Å²) in [5, 5.41) is 2.54. The molecule has 0 amide bonds. The molecule has 0 N–H and O–H groups in total. The molecule has 57 heavy (non-hydrogen) atoms. The van der Waals surface area contributed by atoms with Crippen LogP contribution in [0.3, 0.4) is 0 Å². The summed E-state index contributed by atoms with van der Waals surface area (Å²) >= 11 is 1.91. The van der Waals surface area contributed by atoms with Crippen molar-refractivity contribution in [3.05, 3.63) is 125 Å². The van der Waals surface area contributed by atoms with Crippen molar-refractivity contribution in [3.8, 4) is 22.6 Å². The van der Waals surface area contributed by atoms with Gasteiger partial charge in [0.15, 0.2) is 5.75 Å². The Morgan fingerprint density at radius 3 is 1.82 bits per heavy atom. The lowest BCUT2D eigenvalue weighted by Crippen LogP contribution is -2.62. The lowest BCUT2D eigenvalue weighted by atomic mass is 9.43. The molecular weight excluding hydrogens is 711 g/mol. The smallest absolute Gasteiger partial charge is 0.333 e. The van der Waals surface area contributed by atoms with Crippen LogP contribution in [0.4, 0.5) is 28.4 Å². The molecule has 0 atom stereocenters. The number of fused-ring (bicyclic) bond motifs is 10. The molecule has 0 spiro atoms. The number of rotatable bonds is 1. The summed E-state index contributed by atoms with van der Waals surface area (Å²) < 4.78 is 9.79. The summed E-state index contributed by atoms with van der Waals surface area (Å²) in [6.07, 6.45) is 0. The highest BCUT2D eigenvalue weighted by Crippen LogP contribution is 2.60. The summed E-state index contributed by atoms with van der Waals surface area (Å²) in [5.41, 5.74) is 16.4. The Hall–Kier alpha value is -5.00. The third-order valence-corrected chi connectivity index (χ3v) is 13.8. The zero-order chi connectivity index (χ0) is 40.1. The lowest BCUT2D eigenvalue weighted by Gasteiger charge is -2.48. The largest absolute Gasteiger partial charge is 0.453 e. The number of thiophene rings is 1. The highest BCUT2D eigenvalue weighted by Gasteiger charge is 2.49. The van der Waals surface area contributed by atoms with Crippen molar-refractivity contribution in [1.29, 1.82) is 0 Å². The van der Waals surface area contributed by atoms with Gasteiger partial charge in [-0.1, -0.05) is 138 Å². The fourth-order valence-electron chi connectivity index (χ4n) is 9.29. The standard InChI is InChI=1S/C52H53BN2OS/c1-49(2,3)30-17-21-34(22-18-30)54-40-26-31(50(4,5)6)19-23-38(40)53-46-37(25-33(27-41(46)54)52(10,11)12)45-47-43(29-36-35-15-13-14-16-44(35)57-48(36)45)56-42-28-32(51(7,8)9)20-24-39(42)55(47)53/h13-29H,1-12H3. The van der Waals surface area contributed by atoms with Gasteiger partial charge >= 0.3 is 6.85 Å². The lowest BCUT2D eigenvalue weighted by molar-refractivity contribution is 0.475.